The molecule has 1 heterocycles. The van der Waals surface area contributed by atoms with Crippen molar-refractivity contribution in [3.05, 3.63) is 59.2 Å². The molecule has 8 heteroatoms. The average molecular weight is 400 g/mol. The normalized spacial score (nSPS) is 13.0. The van der Waals surface area contributed by atoms with Crippen molar-refractivity contribution in [3.8, 4) is 0 Å². The van der Waals surface area contributed by atoms with Crippen LogP contribution in [-0.2, 0) is 19.6 Å². The van der Waals surface area contributed by atoms with Crippen molar-refractivity contribution < 1.29 is 22.7 Å². The Labute approximate surface area is 163 Å². The summed E-state index contributed by atoms with van der Waals surface area (Å²) in [6.07, 6.45) is 0. The fourth-order valence-electron chi connectivity index (χ4n) is 2.95. The predicted octanol–water partition coefficient (Wildman–Crippen LogP) is 3.41. The fourth-order valence-corrected chi connectivity index (χ4v) is 4.02. The van der Waals surface area contributed by atoms with Gasteiger partial charge in [0.15, 0.2) is 0 Å². The summed E-state index contributed by atoms with van der Waals surface area (Å²) in [7, 11) is -3.92. The summed E-state index contributed by atoms with van der Waals surface area (Å²) in [5.41, 5.74) is 2.87. The predicted molar refractivity (Wildman–Crippen MR) is 107 cm³/mol. The molecule has 0 saturated heterocycles. The molecule has 2 aromatic rings. The van der Waals surface area contributed by atoms with E-state index in [1.807, 2.05) is 0 Å². The van der Waals surface area contributed by atoms with E-state index in [1.165, 1.54) is 18.2 Å². The number of allylic oxidation sites excluding steroid dienone is 1. The van der Waals surface area contributed by atoms with Gasteiger partial charge in [0, 0.05) is 22.5 Å². The Hall–Kier alpha value is -3.13. The maximum atomic E-state index is 12.8. The Kier molecular flexibility index (Phi) is 5.24. The Bertz CT molecular complexity index is 1100. The summed E-state index contributed by atoms with van der Waals surface area (Å²) < 4.78 is 33.0. The van der Waals surface area contributed by atoms with Gasteiger partial charge in [-0.25, -0.2) is 13.2 Å². The second-order valence-corrected chi connectivity index (χ2v) is 8.13. The van der Waals surface area contributed by atoms with Crippen molar-refractivity contribution in [2.75, 3.05) is 16.6 Å². The topological polar surface area (TPSA) is 102 Å². The number of carbonyl (C=O) groups excluding carboxylic acids is 2. The molecule has 0 bridgehead atoms. The second kappa shape index (κ2) is 7.47. The highest BCUT2D eigenvalue weighted by Gasteiger charge is 2.27. The van der Waals surface area contributed by atoms with Crippen molar-refractivity contribution >= 4 is 38.8 Å². The van der Waals surface area contributed by atoms with Crippen molar-refractivity contribution in [2.45, 2.75) is 25.7 Å². The lowest BCUT2D eigenvalue weighted by molar-refractivity contribution is -0.110. The van der Waals surface area contributed by atoms with Crippen LogP contribution in [0.5, 0.6) is 0 Å². The van der Waals surface area contributed by atoms with Crippen LogP contribution in [0.15, 0.2) is 52.9 Å². The van der Waals surface area contributed by atoms with Crippen LogP contribution in [-0.4, -0.2) is 26.9 Å². The summed E-state index contributed by atoms with van der Waals surface area (Å²) in [6, 6.07) is 10.5. The largest absolute Gasteiger partial charge is 0.462 e. The fraction of sp³-hybridized carbons (Fsp3) is 0.200. The van der Waals surface area contributed by atoms with Crippen LogP contribution < -0.4 is 10.0 Å². The van der Waals surface area contributed by atoms with Gasteiger partial charge in [-0.2, -0.15) is 0 Å². The Balaban J connectivity index is 1.93. The number of carbonyl (C=O) groups is 2. The molecule has 3 rings (SSSR count). The summed E-state index contributed by atoms with van der Waals surface area (Å²) in [5, 5.41) is 2.73. The monoisotopic (exact) mass is 400 g/mol. The van der Waals surface area contributed by atoms with E-state index in [4.69, 9.17) is 4.74 Å². The molecule has 1 aliphatic heterocycles. The van der Waals surface area contributed by atoms with E-state index in [0.29, 0.717) is 16.8 Å². The van der Waals surface area contributed by atoms with Gasteiger partial charge in [0.1, 0.15) is 0 Å². The standard InChI is InChI=1S/C20H20N2O5S/c1-4-27-20(24)13-6-5-7-14(10-13)22-28(25,26)15-8-9-17-16(11-15)18(12(2)3)19(23)21-17/h5-11,22H,4H2,1-3H3,(H,21,23). The molecule has 0 aliphatic carbocycles. The Morgan fingerprint density at radius 1 is 1.14 bits per heavy atom. The second-order valence-electron chi connectivity index (χ2n) is 6.44. The number of sulfonamides is 1. The highest BCUT2D eigenvalue weighted by molar-refractivity contribution is 7.92. The number of hydrogen-bond donors (Lipinski definition) is 2. The van der Waals surface area contributed by atoms with Crippen LogP contribution in [0.1, 0.15) is 36.7 Å². The molecule has 0 radical (unpaired) electrons. The smallest absolute Gasteiger partial charge is 0.338 e. The molecule has 7 nitrogen and oxygen atoms in total. The van der Waals surface area contributed by atoms with E-state index in [-0.39, 0.29) is 28.7 Å². The molecular weight excluding hydrogens is 380 g/mol. The SMILES string of the molecule is CCOC(=O)c1cccc(NS(=O)(=O)c2ccc3c(c2)C(=C(C)C)C(=O)N3)c1. The number of rotatable bonds is 5. The zero-order valence-electron chi connectivity index (χ0n) is 15.7. The van der Waals surface area contributed by atoms with Crippen molar-refractivity contribution in [2.24, 2.45) is 0 Å². The third kappa shape index (κ3) is 3.77. The van der Waals surface area contributed by atoms with E-state index in [9.17, 15) is 18.0 Å². The van der Waals surface area contributed by atoms with Gasteiger partial charge < -0.3 is 10.1 Å². The zero-order chi connectivity index (χ0) is 20.5. The van der Waals surface area contributed by atoms with Gasteiger partial charge >= 0.3 is 5.97 Å². The van der Waals surface area contributed by atoms with E-state index < -0.39 is 16.0 Å². The van der Waals surface area contributed by atoms with Gasteiger partial charge in [-0.05, 0) is 57.2 Å². The minimum atomic E-state index is -3.92. The van der Waals surface area contributed by atoms with Crippen molar-refractivity contribution in [3.63, 3.8) is 0 Å². The number of amides is 1. The Morgan fingerprint density at radius 2 is 1.89 bits per heavy atom. The van der Waals surface area contributed by atoms with E-state index >= 15 is 0 Å². The van der Waals surface area contributed by atoms with Gasteiger partial charge in [-0.15, -0.1) is 0 Å². The highest BCUT2D eigenvalue weighted by Crippen LogP contribution is 2.35. The lowest BCUT2D eigenvalue weighted by Gasteiger charge is -2.11. The number of fused-ring (bicyclic) bond motifs is 1. The number of esters is 1. The summed E-state index contributed by atoms with van der Waals surface area (Å²) in [5.74, 6) is -0.779. The van der Waals surface area contributed by atoms with Crippen LogP contribution in [0, 0.1) is 0 Å². The lowest BCUT2D eigenvalue weighted by Crippen LogP contribution is -2.14. The maximum Gasteiger partial charge on any atom is 0.338 e. The minimum absolute atomic E-state index is 0.0167. The van der Waals surface area contributed by atoms with Crippen LogP contribution >= 0.6 is 0 Å². The van der Waals surface area contributed by atoms with Crippen LogP contribution in [0.3, 0.4) is 0 Å². The van der Waals surface area contributed by atoms with Gasteiger partial charge in [-0.3, -0.25) is 9.52 Å². The number of ether oxygens (including phenoxy) is 1. The van der Waals surface area contributed by atoms with Crippen LogP contribution in [0.2, 0.25) is 0 Å². The summed E-state index contributed by atoms with van der Waals surface area (Å²) in [4.78, 5) is 24.0. The summed E-state index contributed by atoms with van der Waals surface area (Å²) in [6.45, 7) is 5.51. The molecule has 0 unspecified atom stereocenters. The van der Waals surface area contributed by atoms with Crippen LogP contribution in [0.25, 0.3) is 5.57 Å². The lowest BCUT2D eigenvalue weighted by atomic mass is 10.0. The molecule has 1 aliphatic rings. The third-order valence-electron chi connectivity index (χ3n) is 4.17. The molecule has 0 saturated carbocycles. The molecular formula is C20H20N2O5S. The van der Waals surface area contributed by atoms with Crippen molar-refractivity contribution in [1.29, 1.82) is 0 Å². The van der Waals surface area contributed by atoms with E-state index in [1.54, 1.807) is 45.0 Å². The first-order valence-electron chi connectivity index (χ1n) is 8.66. The molecule has 0 aromatic heterocycles. The van der Waals surface area contributed by atoms with Gasteiger partial charge in [0.25, 0.3) is 15.9 Å². The van der Waals surface area contributed by atoms with Gasteiger partial charge in [0.05, 0.1) is 17.1 Å². The molecule has 2 aromatic carbocycles. The minimum Gasteiger partial charge on any atom is -0.462 e. The number of hydrogen-bond acceptors (Lipinski definition) is 5. The molecule has 28 heavy (non-hydrogen) atoms. The number of anilines is 2. The van der Waals surface area contributed by atoms with E-state index in [0.717, 1.165) is 5.57 Å². The molecule has 0 spiro atoms. The average Bonchev–Trinajstić information content (AvgIpc) is 2.96. The summed E-state index contributed by atoms with van der Waals surface area (Å²) >= 11 is 0. The first-order valence-corrected chi connectivity index (χ1v) is 10.1. The van der Waals surface area contributed by atoms with Crippen LogP contribution in [0.4, 0.5) is 11.4 Å². The first kappa shape index (κ1) is 19.6. The van der Waals surface area contributed by atoms with E-state index in [2.05, 4.69) is 10.0 Å². The van der Waals surface area contributed by atoms with Gasteiger partial charge in [-0.1, -0.05) is 11.6 Å². The highest BCUT2D eigenvalue weighted by atomic mass is 32.2. The maximum absolute atomic E-state index is 12.8. The molecule has 2 N–H and O–H groups in total. The number of benzene rings is 2. The third-order valence-corrected chi connectivity index (χ3v) is 5.55. The van der Waals surface area contributed by atoms with Crippen molar-refractivity contribution in [1.82, 2.24) is 0 Å². The molecule has 146 valence electrons. The molecule has 0 atom stereocenters. The zero-order valence-corrected chi connectivity index (χ0v) is 16.5. The first-order chi connectivity index (χ1) is 13.2. The molecule has 0 fully saturated rings. The Morgan fingerprint density at radius 3 is 2.57 bits per heavy atom. The van der Waals surface area contributed by atoms with Gasteiger partial charge in [0.2, 0.25) is 0 Å². The quantitative estimate of drug-likeness (QED) is 0.592. The number of nitrogens with one attached hydrogen (secondary N) is 2. The molecule has 1 amide bonds.